The van der Waals surface area contributed by atoms with E-state index in [-0.39, 0.29) is 0 Å². The molecule has 0 spiro atoms. The van der Waals surface area contributed by atoms with Crippen LogP contribution >= 0.6 is 0 Å². The Bertz CT molecular complexity index is 3550. The van der Waals surface area contributed by atoms with Crippen molar-refractivity contribution < 1.29 is 0 Å². The van der Waals surface area contributed by atoms with Crippen LogP contribution in [0.2, 0.25) is 0 Å². The molecule has 0 saturated heterocycles. The Balaban J connectivity index is 1.04. The van der Waals surface area contributed by atoms with Crippen LogP contribution in [0.4, 0.5) is 17.1 Å². The molecule has 324 valence electrons. The van der Waals surface area contributed by atoms with Gasteiger partial charge in [-0.2, -0.15) is 0 Å². The molecule has 0 heterocycles. The highest BCUT2D eigenvalue weighted by atomic mass is 15.1. The van der Waals surface area contributed by atoms with E-state index in [9.17, 15) is 0 Å². The lowest BCUT2D eigenvalue weighted by molar-refractivity contribution is 0.768. The topological polar surface area (TPSA) is 3.24 Å². The zero-order valence-electron chi connectivity index (χ0n) is 38.1. The zero-order valence-corrected chi connectivity index (χ0v) is 38.1. The first-order chi connectivity index (χ1) is 34.3. The summed E-state index contributed by atoms with van der Waals surface area (Å²) in [6.45, 7) is 0. The Morgan fingerprint density at radius 1 is 0.217 bits per heavy atom. The zero-order chi connectivity index (χ0) is 45.8. The molecule has 1 nitrogen and oxygen atoms in total. The smallest absolute Gasteiger partial charge is 0.0714 e. The summed E-state index contributed by atoms with van der Waals surface area (Å²) in [6.07, 6.45) is 0. The number of hydrogen-bond acceptors (Lipinski definition) is 1. The molecule has 0 bridgehead atoms. The van der Waals surface area contributed by atoms with Crippen LogP contribution in [0.3, 0.4) is 0 Å². The molecule has 0 fully saturated rings. The molecule has 69 heavy (non-hydrogen) atoms. The van der Waals surface area contributed by atoms with Gasteiger partial charge in [-0.1, -0.05) is 255 Å². The number of nitrogens with zero attached hydrogens (tertiary/aromatic N) is 1. The summed E-state index contributed by atoms with van der Waals surface area (Å²) in [7, 11) is 0. The van der Waals surface area contributed by atoms with Crippen molar-refractivity contribution in [1.82, 2.24) is 0 Å². The van der Waals surface area contributed by atoms with Gasteiger partial charge in [-0.3, -0.25) is 0 Å². The van der Waals surface area contributed by atoms with Crippen molar-refractivity contribution in [2.45, 2.75) is 10.8 Å². The summed E-state index contributed by atoms with van der Waals surface area (Å²) in [5.41, 5.74) is 22.3. The number of fused-ring (bicyclic) bond motifs is 6. The maximum atomic E-state index is 2.49. The van der Waals surface area contributed by atoms with Gasteiger partial charge in [-0.15, -0.1) is 0 Å². The van der Waals surface area contributed by atoms with Crippen LogP contribution in [0.5, 0.6) is 0 Å². The van der Waals surface area contributed by atoms with E-state index in [2.05, 4.69) is 290 Å². The Kier molecular flexibility index (Phi) is 9.70. The quantitative estimate of drug-likeness (QED) is 0.140. The average Bonchev–Trinajstić information content (AvgIpc) is 3.92. The normalized spacial score (nSPS) is 13.4. The molecular weight excluding hydrogens is 831 g/mol. The molecule has 13 rings (SSSR count). The average molecular weight is 878 g/mol. The van der Waals surface area contributed by atoms with Crippen LogP contribution in [0.1, 0.15) is 44.5 Å². The summed E-state index contributed by atoms with van der Waals surface area (Å²) in [5.74, 6) is 0. The van der Waals surface area contributed by atoms with Crippen LogP contribution in [0, 0.1) is 0 Å². The Hall–Kier alpha value is -8.78. The van der Waals surface area contributed by atoms with Crippen LogP contribution in [0.25, 0.3) is 44.5 Å². The van der Waals surface area contributed by atoms with Crippen molar-refractivity contribution in [2.75, 3.05) is 4.90 Å². The first-order valence-electron chi connectivity index (χ1n) is 24.0. The number of benzene rings is 11. The minimum atomic E-state index is -0.531. The van der Waals surface area contributed by atoms with Gasteiger partial charge >= 0.3 is 0 Å². The summed E-state index contributed by atoms with van der Waals surface area (Å²) >= 11 is 0. The predicted octanol–water partition coefficient (Wildman–Crippen LogP) is 17.2. The second-order valence-corrected chi connectivity index (χ2v) is 18.3. The van der Waals surface area contributed by atoms with Gasteiger partial charge in [-0.25, -0.2) is 0 Å². The van der Waals surface area contributed by atoms with E-state index >= 15 is 0 Å². The summed E-state index contributed by atoms with van der Waals surface area (Å²) < 4.78 is 0. The van der Waals surface area contributed by atoms with Gasteiger partial charge in [0.1, 0.15) is 0 Å². The van der Waals surface area contributed by atoms with E-state index in [1.54, 1.807) is 0 Å². The van der Waals surface area contributed by atoms with Gasteiger partial charge in [0, 0.05) is 16.9 Å². The third-order valence-electron chi connectivity index (χ3n) is 14.9. The monoisotopic (exact) mass is 877 g/mol. The van der Waals surface area contributed by atoms with E-state index in [1.807, 2.05) is 0 Å². The Morgan fingerprint density at radius 3 is 1.04 bits per heavy atom. The number of anilines is 3. The molecular formula is C68H47N. The second-order valence-electron chi connectivity index (χ2n) is 18.3. The lowest BCUT2D eigenvalue weighted by Crippen LogP contribution is -2.28. The highest BCUT2D eigenvalue weighted by Gasteiger charge is 2.48. The molecule has 11 aromatic rings. The minimum absolute atomic E-state index is 0.497. The van der Waals surface area contributed by atoms with Crippen molar-refractivity contribution in [3.63, 3.8) is 0 Å². The molecule has 0 aliphatic heterocycles. The second kappa shape index (κ2) is 16.5. The van der Waals surface area contributed by atoms with Crippen LogP contribution < -0.4 is 4.90 Å². The molecule has 0 aromatic heterocycles. The maximum absolute atomic E-state index is 2.49. The molecule has 1 heteroatoms. The van der Waals surface area contributed by atoms with E-state index in [0.29, 0.717) is 0 Å². The predicted molar refractivity (Wildman–Crippen MR) is 287 cm³/mol. The van der Waals surface area contributed by atoms with Gasteiger partial charge in [0.15, 0.2) is 0 Å². The molecule has 0 N–H and O–H groups in total. The summed E-state index contributed by atoms with van der Waals surface area (Å²) in [5, 5.41) is 0. The van der Waals surface area contributed by atoms with Gasteiger partial charge < -0.3 is 4.90 Å². The van der Waals surface area contributed by atoms with Gasteiger partial charge in [0.2, 0.25) is 0 Å². The van der Waals surface area contributed by atoms with E-state index in [4.69, 9.17) is 0 Å². The fraction of sp³-hybridized carbons (Fsp3) is 0.0294. The molecule has 0 amide bonds. The van der Waals surface area contributed by atoms with Crippen molar-refractivity contribution >= 4 is 17.1 Å². The van der Waals surface area contributed by atoms with Gasteiger partial charge in [0.25, 0.3) is 0 Å². The summed E-state index contributed by atoms with van der Waals surface area (Å²) in [4.78, 5) is 2.49. The molecule has 0 atom stereocenters. The third-order valence-corrected chi connectivity index (χ3v) is 14.9. The molecule has 0 saturated carbocycles. The van der Waals surface area contributed by atoms with Gasteiger partial charge in [-0.05, 0) is 114 Å². The molecule has 2 aliphatic carbocycles. The fourth-order valence-corrected chi connectivity index (χ4v) is 12.1. The SMILES string of the molecule is c1ccc(-c2ccccc2-c2ccc(N(c3ccc(C4(c5ccccc5)c5ccccc5-c5ccccc54)cc3)c3cccc4c3-c3ccccc3C4(c3ccccc3)c3ccccc3)cc2)cc1. The van der Waals surface area contributed by atoms with Crippen LogP contribution in [-0.4, -0.2) is 0 Å². The minimum Gasteiger partial charge on any atom is -0.310 e. The van der Waals surface area contributed by atoms with Crippen LogP contribution in [-0.2, 0) is 10.8 Å². The van der Waals surface area contributed by atoms with Crippen molar-refractivity contribution in [2.24, 2.45) is 0 Å². The lowest BCUT2D eigenvalue weighted by atomic mass is 9.67. The Morgan fingerprint density at radius 2 is 0.551 bits per heavy atom. The van der Waals surface area contributed by atoms with E-state index in [1.165, 1.54) is 89.0 Å². The number of rotatable bonds is 9. The molecule has 0 radical (unpaired) electrons. The van der Waals surface area contributed by atoms with E-state index in [0.717, 1.165) is 17.1 Å². The molecule has 2 aliphatic rings. The third kappa shape index (κ3) is 6.17. The summed E-state index contributed by atoms with van der Waals surface area (Å²) in [6, 6.07) is 105. The lowest BCUT2D eigenvalue weighted by Gasteiger charge is -2.35. The Labute approximate surface area is 404 Å². The maximum Gasteiger partial charge on any atom is 0.0714 e. The fourth-order valence-electron chi connectivity index (χ4n) is 12.1. The highest BCUT2D eigenvalue weighted by Crippen LogP contribution is 2.60. The standard InChI is InChI=1S/C68H47N/c1-5-22-48(23-6-1)56-30-13-14-31-57(56)49-40-44-54(45-41-49)69(55-46-42-53(43-47-55)67(50-24-7-2-8-25-50)61-35-18-15-32-58(61)59-33-16-19-36-62(59)67)65-39-21-38-64-66(65)60-34-17-20-37-63(60)68(64,51-26-9-3-10-27-51)52-28-11-4-12-29-52/h1-47H. The van der Waals surface area contributed by atoms with Crippen LogP contribution in [0.15, 0.2) is 285 Å². The number of hydrogen-bond donors (Lipinski definition) is 0. The molecule has 0 unspecified atom stereocenters. The van der Waals surface area contributed by atoms with E-state index < -0.39 is 10.8 Å². The largest absolute Gasteiger partial charge is 0.310 e. The highest BCUT2D eigenvalue weighted by molar-refractivity contribution is 5.98. The molecule has 11 aromatic carbocycles. The first kappa shape index (κ1) is 40.5. The van der Waals surface area contributed by atoms with Crippen molar-refractivity contribution in [3.05, 3.63) is 330 Å². The van der Waals surface area contributed by atoms with Crippen molar-refractivity contribution in [3.8, 4) is 44.5 Å². The van der Waals surface area contributed by atoms with Crippen molar-refractivity contribution in [1.29, 1.82) is 0 Å². The first-order valence-corrected chi connectivity index (χ1v) is 24.0. The van der Waals surface area contributed by atoms with Gasteiger partial charge in [0.05, 0.1) is 16.5 Å².